The zero-order valence-corrected chi connectivity index (χ0v) is 8.86. The number of anilines is 1. The van der Waals surface area contributed by atoms with Crippen LogP contribution in [0.15, 0.2) is 10.9 Å². The Labute approximate surface area is 88.3 Å². The third-order valence-electron chi connectivity index (χ3n) is 2.96. The molecule has 0 spiro atoms. The number of hydrogen-bond donors (Lipinski definition) is 2. The first kappa shape index (κ1) is 10.2. The molecular weight excluding hydrogens is 192 g/mol. The summed E-state index contributed by atoms with van der Waals surface area (Å²) in [4.78, 5) is 13.3. The molecule has 1 aliphatic rings. The van der Waals surface area contributed by atoms with E-state index in [1.54, 1.807) is 6.07 Å². The Morgan fingerprint density at radius 2 is 2.40 bits per heavy atom. The molecule has 3 N–H and O–H groups in total. The Morgan fingerprint density at radius 1 is 1.60 bits per heavy atom. The molecule has 1 aromatic heterocycles. The van der Waals surface area contributed by atoms with Crippen LogP contribution in [0.4, 0.5) is 5.69 Å². The highest BCUT2D eigenvalue weighted by molar-refractivity contribution is 5.35. The Hall–Kier alpha value is -1.36. The van der Waals surface area contributed by atoms with Crippen molar-refractivity contribution in [2.24, 2.45) is 0 Å². The minimum atomic E-state index is -0.308. The fourth-order valence-corrected chi connectivity index (χ4v) is 2.06. The summed E-state index contributed by atoms with van der Waals surface area (Å²) in [7, 11) is 2.08. The molecule has 0 bridgehead atoms. The molecule has 1 aliphatic heterocycles. The van der Waals surface area contributed by atoms with E-state index in [-0.39, 0.29) is 17.3 Å². The molecule has 0 amide bonds. The van der Waals surface area contributed by atoms with Crippen LogP contribution < -0.4 is 11.3 Å². The van der Waals surface area contributed by atoms with E-state index in [0.29, 0.717) is 0 Å². The number of aromatic nitrogens is 2. The summed E-state index contributed by atoms with van der Waals surface area (Å²) in [5.74, 6) is 0. The lowest BCUT2D eigenvalue weighted by Crippen LogP contribution is -2.31. The highest BCUT2D eigenvalue weighted by atomic mass is 16.1. The van der Waals surface area contributed by atoms with Crippen LogP contribution in [-0.4, -0.2) is 28.7 Å². The zero-order valence-electron chi connectivity index (χ0n) is 8.86. The second-order valence-electron chi connectivity index (χ2n) is 4.07. The number of H-pyrrole nitrogens is 1. The minimum Gasteiger partial charge on any atom is -0.394 e. The molecule has 1 aromatic rings. The van der Waals surface area contributed by atoms with Crippen LogP contribution in [-0.2, 0) is 0 Å². The van der Waals surface area contributed by atoms with Gasteiger partial charge in [0.25, 0.3) is 5.56 Å². The number of piperidine rings is 1. The van der Waals surface area contributed by atoms with Crippen molar-refractivity contribution in [1.29, 1.82) is 0 Å². The van der Waals surface area contributed by atoms with Gasteiger partial charge in [-0.15, -0.1) is 0 Å². The number of nitrogen functional groups attached to an aromatic ring is 1. The first-order valence-corrected chi connectivity index (χ1v) is 5.24. The molecular formula is C10H16N4O. The smallest absolute Gasteiger partial charge is 0.287 e. The monoisotopic (exact) mass is 208 g/mol. The number of likely N-dealkylation sites (tertiary alicyclic amines) is 1. The first-order valence-electron chi connectivity index (χ1n) is 5.24. The molecule has 1 fully saturated rings. The van der Waals surface area contributed by atoms with Gasteiger partial charge in [0.2, 0.25) is 0 Å². The molecule has 0 aliphatic carbocycles. The van der Waals surface area contributed by atoms with E-state index in [1.807, 2.05) is 0 Å². The molecule has 5 nitrogen and oxygen atoms in total. The molecule has 0 saturated carbocycles. The quantitative estimate of drug-likeness (QED) is 0.705. The van der Waals surface area contributed by atoms with Crippen molar-refractivity contribution in [1.82, 2.24) is 15.1 Å². The average molecular weight is 208 g/mol. The lowest BCUT2D eigenvalue weighted by Gasteiger charge is -2.31. The van der Waals surface area contributed by atoms with Crippen molar-refractivity contribution in [3.63, 3.8) is 0 Å². The van der Waals surface area contributed by atoms with E-state index in [4.69, 9.17) is 5.73 Å². The summed E-state index contributed by atoms with van der Waals surface area (Å²) < 4.78 is 0. The Morgan fingerprint density at radius 3 is 3.07 bits per heavy atom. The van der Waals surface area contributed by atoms with Crippen LogP contribution in [0.1, 0.15) is 31.0 Å². The summed E-state index contributed by atoms with van der Waals surface area (Å²) in [6.45, 7) is 1.07. The summed E-state index contributed by atoms with van der Waals surface area (Å²) in [6, 6.07) is 1.98. The van der Waals surface area contributed by atoms with Crippen LogP contribution >= 0.6 is 0 Å². The number of nitrogens with one attached hydrogen (secondary N) is 1. The molecule has 1 saturated heterocycles. The van der Waals surface area contributed by atoms with Gasteiger partial charge in [0.15, 0.2) is 0 Å². The second kappa shape index (κ2) is 4.02. The fourth-order valence-electron chi connectivity index (χ4n) is 2.06. The van der Waals surface area contributed by atoms with Gasteiger partial charge in [0, 0.05) is 0 Å². The molecule has 2 heterocycles. The van der Waals surface area contributed by atoms with E-state index in [0.717, 1.165) is 18.7 Å². The minimum absolute atomic E-state index is 0.249. The summed E-state index contributed by atoms with van der Waals surface area (Å²) in [5, 5.41) is 6.48. The number of nitrogens with two attached hydrogens (primary N) is 1. The molecule has 0 radical (unpaired) electrons. The molecule has 0 aromatic carbocycles. The molecule has 5 heteroatoms. The molecule has 2 rings (SSSR count). The topological polar surface area (TPSA) is 75.0 Å². The fraction of sp³-hybridized carbons (Fsp3) is 0.600. The maximum atomic E-state index is 11.1. The van der Waals surface area contributed by atoms with E-state index in [9.17, 15) is 4.79 Å². The molecule has 82 valence electrons. The van der Waals surface area contributed by atoms with Crippen LogP contribution in [0.3, 0.4) is 0 Å². The predicted octanol–water partition coefficient (Wildman–Crippen LogP) is 0.509. The van der Waals surface area contributed by atoms with Crippen LogP contribution in [0.2, 0.25) is 0 Å². The lowest BCUT2D eigenvalue weighted by molar-refractivity contribution is 0.182. The van der Waals surface area contributed by atoms with Gasteiger partial charge in [-0.05, 0) is 32.5 Å². The van der Waals surface area contributed by atoms with Gasteiger partial charge < -0.3 is 5.73 Å². The summed E-state index contributed by atoms with van der Waals surface area (Å²) in [6.07, 6.45) is 3.51. The third kappa shape index (κ3) is 2.02. The van der Waals surface area contributed by atoms with Crippen molar-refractivity contribution in [2.45, 2.75) is 25.3 Å². The third-order valence-corrected chi connectivity index (χ3v) is 2.96. The first-order chi connectivity index (χ1) is 7.18. The zero-order chi connectivity index (χ0) is 10.8. The van der Waals surface area contributed by atoms with Crippen LogP contribution in [0.5, 0.6) is 0 Å². The van der Waals surface area contributed by atoms with Gasteiger partial charge in [0.05, 0.1) is 11.7 Å². The molecule has 1 unspecified atom stereocenters. The van der Waals surface area contributed by atoms with Gasteiger partial charge >= 0.3 is 0 Å². The van der Waals surface area contributed by atoms with Gasteiger partial charge in [-0.1, -0.05) is 6.42 Å². The molecule has 15 heavy (non-hydrogen) atoms. The lowest BCUT2D eigenvalue weighted by atomic mass is 10.00. The summed E-state index contributed by atoms with van der Waals surface area (Å²) in [5.41, 5.74) is 6.38. The molecule has 1 atom stereocenters. The summed E-state index contributed by atoms with van der Waals surface area (Å²) >= 11 is 0. The SMILES string of the molecule is CN1CCCCC1c1cc(N)c(=O)[nH]n1. The van der Waals surface area contributed by atoms with Gasteiger partial charge in [0.1, 0.15) is 5.69 Å². The van der Waals surface area contributed by atoms with Crippen molar-refractivity contribution in [3.8, 4) is 0 Å². The van der Waals surface area contributed by atoms with Crippen molar-refractivity contribution >= 4 is 5.69 Å². The van der Waals surface area contributed by atoms with Gasteiger partial charge in [-0.2, -0.15) is 5.10 Å². The largest absolute Gasteiger partial charge is 0.394 e. The highest BCUT2D eigenvalue weighted by Crippen LogP contribution is 2.27. The number of hydrogen-bond acceptors (Lipinski definition) is 4. The number of aromatic amines is 1. The van der Waals surface area contributed by atoms with Crippen molar-refractivity contribution in [3.05, 3.63) is 22.1 Å². The van der Waals surface area contributed by atoms with E-state index in [1.165, 1.54) is 12.8 Å². The van der Waals surface area contributed by atoms with E-state index in [2.05, 4.69) is 22.1 Å². The standard InChI is InChI=1S/C10H16N4O/c1-14-5-3-2-4-9(14)8-6-7(11)10(15)13-12-8/h6,9H,2-5H2,1H3,(H2,11,12)(H,13,15). The van der Waals surface area contributed by atoms with Gasteiger partial charge in [-0.25, -0.2) is 5.10 Å². The number of nitrogens with zero attached hydrogens (tertiary/aromatic N) is 2. The Balaban J connectivity index is 2.28. The highest BCUT2D eigenvalue weighted by Gasteiger charge is 2.22. The van der Waals surface area contributed by atoms with E-state index < -0.39 is 0 Å². The second-order valence-corrected chi connectivity index (χ2v) is 4.07. The Kier molecular flexibility index (Phi) is 2.73. The van der Waals surface area contributed by atoms with Crippen LogP contribution in [0.25, 0.3) is 0 Å². The van der Waals surface area contributed by atoms with Gasteiger partial charge in [-0.3, -0.25) is 9.69 Å². The Bertz CT molecular complexity index is 401. The normalized spacial score (nSPS) is 22.9. The number of rotatable bonds is 1. The van der Waals surface area contributed by atoms with Crippen molar-refractivity contribution in [2.75, 3.05) is 19.3 Å². The van der Waals surface area contributed by atoms with E-state index >= 15 is 0 Å². The predicted molar refractivity (Wildman–Crippen MR) is 58.5 cm³/mol. The van der Waals surface area contributed by atoms with Crippen molar-refractivity contribution < 1.29 is 0 Å². The maximum absolute atomic E-state index is 11.1. The maximum Gasteiger partial charge on any atom is 0.287 e. The average Bonchev–Trinajstić information content (AvgIpc) is 2.23. The van der Waals surface area contributed by atoms with Crippen LogP contribution in [0, 0.1) is 0 Å².